The Morgan fingerprint density at radius 2 is 1.95 bits per heavy atom. The van der Waals surface area contributed by atoms with Crippen LogP contribution < -0.4 is 5.32 Å². The van der Waals surface area contributed by atoms with Gasteiger partial charge < -0.3 is 5.32 Å². The molecule has 0 saturated carbocycles. The summed E-state index contributed by atoms with van der Waals surface area (Å²) in [5.41, 5.74) is 4.35. The van der Waals surface area contributed by atoms with Crippen molar-refractivity contribution in [1.82, 2.24) is 20.4 Å². The zero-order valence-corrected chi connectivity index (χ0v) is 13.6. The average molecular weight is 278 g/mol. The fraction of sp³-hybridized carbons (Fsp3) is 0.812. The van der Waals surface area contributed by atoms with E-state index in [0.29, 0.717) is 0 Å². The molecule has 0 fully saturated rings. The molecule has 0 aromatic carbocycles. The molecule has 2 rings (SSSR count). The second kappa shape index (κ2) is 6.72. The van der Waals surface area contributed by atoms with E-state index in [1.165, 1.54) is 49.1 Å². The van der Waals surface area contributed by atoms with Gasteiger partial charge in [0, 0.05) is 30.9 Å². The molecular formula is C16H30N4. The van der Waals surface area contributed by atoms with Crippen LogP contribution in [0.2, 0.25) is 0 Å². The number of nitrogens with one attached hydrogen (secondary N) is 2. The highest BCUT2D eigenvalue weighted by atomic mass is 15.2. The minimum absolute atomic E-state index is 0.199. The number of aryl methyl sites for hydroxylation is 1. The Labute approximate surface area is 123 Å². The molecule has 1 aliphatic rings. The van der Waals surface area contributed by atoms with Crippen LogP contribution >= 0.6 is 0 Å². The van der Waals surface area contributed by atoms with Gasteiger partial charge in [0.05, 0.1) is 5.69 Å². The molecule has 114 valence electrons. The van der Waals surface area contributed by atoms with Gasteiger partial charge in [-0.05, 0) is 59.1 Å². The molecule has 0 unspecified atom stereocenters. The van der Waals surface area contributed by atoms with Gasteiger partial charge in [0.2, 0.25) is 0 Å². The quantitative estimate of drug-likeness (QED) is 0.813. The van der Waals surface area contributed by atoms with Gasteiger partial charge in [0.25, 0.3) is 0 Å². The first-order valence-electron chi connectivity index (χ1n) is 7.94. The number of aromatic amines is 1. The number of hydrogen-bond donors (Lipinski definition) is 2. The number of hydrogen-bond acceptors (Lipinski definition) is 3. The lowest BCUT2D eigenvalue weighted by Crippen LogP contribution is -2.40. The molecule has 1 aliphatic carbocycles. The van der Waals surface area contributed by atoms with Crippen molar-refractivity contribution in [1.29, 1.82) is 0 Å². The van der Waals surface area contributed by atoms with Crippen LogP contribution in [0.1, 0.15) is 57.0 Å². The predicted octanol–water partition coefficient (Wildman–Crippen LogP) is 2.50. The van der Waals surface area contributed by atoms with Crippen molar-refractivity contribution in [3.63, 3.8) is 0 Å². The summed E-state index contributed by atoms with van der Waals surface area (Å²) in [5.74, 6) is 0. The molecule has 1 aromatic rings. The van der Waals surface area contributed by atoms with Gasteiger partial charge in [-0.25, -0.2) is 0 Å². The highest BCUT2D eigenvalue weighted by Gasteiger charge is 2.16. The van der Waals surface area contributed by atoms with E-state index >= 15 is 0 Å². The highest BCUT2D eigenvalue weighted by Crippen LogP contribution is 2.22. The summed E-state index contributed by atoms with van der Waals surface area (Å²) in [6, 6.07) is 0. The molecule has 1 aromatic heterocycles. The van der Waals surface area contributed by atoms with Gasteiger partial charge in [-0.2, -0.15) is 5.10 Å². The Kier molecular flexibility index (Phi) is 5.22. The molecule has 2 N–H and O–H groups in total. The van der Waals surface area contributed by atoms with Gasteiger partial charge in [-0.3, -0.25) is 10.00 Å². The van der Waals surface area contributed by atoms with Crippen LogP contribution in [0.5, 0.6) is 0 Å². The number of nitrogens with zero attached hydrogens (tertiary/aromatic N) is 2. The van der Waals surface area contributed by atoms with E-state index in [-0.39, 0.29) is 5.54 Å². The second-order valence-corrected chi connectivity index (χ2v) is 7.10. The molecule has 20 heavy (non-hydrogen) atoms. The topological polar surface area (TPSA) is 44.0 Å². The summed E-state index contributed by atoms with van der Waals surface area (Å²) in [5, 5.41) is 11.3. The van der Waals surface area contributed by atoms with E-state index in [0.717, 1.165) is 19.6 Å². The van der Waals surface area contributed by atoms with Crippen molar-refractivity contribution in [2.24, 2.45) is 0 Å². The van der Waals surface area contributed by atoms with Crippen LogP contribution in [0.15, 0.2) is 0 Å². The fourth-order valence-electron chi connectivity index (χ4n) is 2.81. The lowest BCUT2D eigenvalue weighted by molar-refractivity contribution is 0.299. The van der Waals surface area contributed by atoms with Crippen LogP contribution in [-0.4, -0.2) is 40.8 Å². The maximum atomic E-state index is 4.55. The first kappa shape index (κ1) is 15.5. The van der Waals surface area contributed by atoms with Crippen LogP contribution in [0.4, 0.5) is 0 Å². The molecule has 1 heterocycles. The van der Waals surface area contributed by atoms with E-state index in [1.54, 1.807) is 0 Å². The SMILES string of the molecule is CN(CCNC(C)(C)C)Cc1n[nH]c2c1CCCCC2. The van der Waals surface area contributed by atoms with Crippen molar-refractivity contribution in [2.75, 3.05) is 20.1 Å². The maximum Gasteiger partial charge on any atom is 0.0796 e. The van der Waals surface area contributed by atoms with Gasteiger partial charge in [0.15, 0.2) is 0 Å². The summed E-state index contributed by atoms with van der Waals surface area (Å²) in [4.78, 5) is 2.36. The summed E-state index contributed by atoms with van der Waals surface area (Å²) in [7, 11) is 2.18. The number of H-pyrrole nitrogens is 1. The summed E-state index contributed by atoms with van der Waals surface area (Å²) < 4.78 is 0. The molecular weight excluding hydrogens is 248 g/mol. The number of fused-ring (bicyclic) bond motifs is 1. The third kappa shape index (κ3) is 4.60. The summed E-state index contributed by atoms with van der Waals surface area (Å²) >= 11 is 0. The molecule has 0 saturated heterocycles. The zero-order valence-electron chi connectivity index (χ0n) is 13.6. The van der Waals surface area contributed by atoms with Crippen molar-refractivity contribution in [2.45, 2.75) is 65.0 Å². The molecule has 0 atom stereocenters. The van der Waals surface area contributed by atoms with Crippen LogP contribution in [-0.2, 0) is 19.4 Å². The smallest absolute Gasteiger partial charge is 0.0796 e. The van der Waals surface area contributed by atoms with Crippen molar-refractivity contribution >= 4 is 0 Å². The standard InChI is InChI=1S/C16H30N4/c1-16(2,3)17-10-11-20(4)12-15-13-8-6-5-7-9-14(13)18-19-15/h17H,5-12H2,1-4H3,(H,18,19). The Hall–Kier alpha value is -0.870. The third-order valence-corrected chi connectivity index (χ3v) is 3.96. The maximum absolute atomic E-state index is 4.55. The first-order chi connectivity index (χ1) is 9.46. The Morgan fingerprint density at radius 3 is 2.70 bits per heavy atom. The van der Waals surface area contributed by atoms with E-state index < -0.39 is 0 Å². The van der Waals surface area contributed by atoms with E-state index in [9.17, 15) is 0 Å². The van der Waals surface area contributed by atoms with Crippen LogP contribution in [0.3, 0.4) is 0 Å². The minimum Gasteiger partial charge on any atom is -0.311 e. The second-order valence-electron chi connectivity index (χ2n) is 7.10. The lowest BCUT2D eigenvalue weighted by atomic mass is 10.1. The summed E-state index contributed by atoms with van der Waals surface area (Å²) in [6.45, 7) is 9.66. The van der Waals surface area contributed by atoms with Gasteiger partial charge in [-0.1, -0.05) is 6.42 Å². The largest absolute Gasteiger partial charge is 0.311 e. The molecule has 0 amide bonds. The monoisotopic (exact) mass is 278 g/mol. The molecule has 0 aliphatic heterocycles. The van der Waals surface area contributed by atoms with Gasteiger partial charge in [0.1, 0.15) is 0 Å². The molecule has 4 nitrogen and oxygen atoms in total. The third-order valence-electron chi connectivity index (χ3n) is 3.96. The fourth-order valence-corrected chi connectivity index (χ4v) is 2.81. The lowest BCUT2D eigenvalue weighted by Gasteiger charge is -2.23. The van der Waals surface area contributed by atoms with Crippen LogP contribution in [0, 0.1) is 0 Å². The van der Waals surface area contributed by atoms with Crippen molar-refractivity contribution in [3.8, 4) is 0 Å². The molecule has 0 bridgehead atoms. The first-order valence-corrected chi connectivity index (χ1v) is 7.94. The Balaban J connectivity index is 1.85. The Morgan fingerprint density at radius 1 is 1.20 bits per heavy atom. The zero-order chi connectivity index (χ0) is 14.6. The minimum atomic E-state index is 0.199. The number of aromatic nitrogens is 2. The van der Waals surface area contributed by atoms with E-state index in [4.69, 9.17) is 0 Å². The number of likely N-dealkylation sites (N-methyl/N-ethyl adjacent to an activating group) is 1. The normalized spacial score (nSPS) is 16.2. The number of rotatable bonds is 5. The molecule has 0 radical (unpaired) electrons. The average Bonchev–Trinajstić information content (AvgIpc) is 2.59. The van der Waals surface area contributed by atoms with Crippen LogP contribution in [0.25, 0.3) is 0 Å². The van der Waals surface area contributed by atoms with Crippen molar-refractivity contribution in [3.05, 3.63) is 17.0 Å². The summed E-state index contributed by atoms with van der Waals surface area (Å²) in [6.07, 6.45) is 6.36. The highest BCUT2D eigenvalue weighted by molar-refractivity contribution is 5.26. The van der Waals surface area contributed by atoms with Gasteiger partial charge in [-0.15, -0.1) is 0 Å². The van der Waals surface area contributed by atoms with E-state index in [2.05, 4.69) is 48.2 Å². The predicted molar refractivity (Wildman–Crippen MR) is 83.9 cm³/mol. The van der Waals surface area contributed by atoms with Crippen molar-refractivity contribution < 1.29 is 0 Å². The molecule has 4 heteroatoms. The molecule has 0 spiro atoms. The van der Waals surface area contributed by atoms with E-state index in [1.807, 2.05) is 0 Å². The van der Waals surface area contributed by atoms with Gasteiger partial charge >= 0.3 is 0 Å². The Bertz CT molecular complexity index is 417.